The van der Waals surface area contributed by atoms with Crippen molar-refractivity contribution in [1.82, 2.24) is 9.97 Å². The van der Waals surface area contributed by atoms with Crippen LogP contribution in [-0.2, 0) is 0 Å². The van der Waals surface area contributed by atoms with E-state index >= 15 is 0 Å². The Balaban J connectivity index is 1.51. The van der Waals surface area contributed by atoms with E-state index in [0.29, 0.717) is 5.56 Å². The number of aryl methyl sites for hydroxylation is 1. The van der Waals surface area contributed by atoms with Crippen LogP contribution < -0.4 is 10.2 Å². The van der Waals surface area contributed by atoms with Crippen LogP contribution in [0.2, 0.25) is 0 Å². The van der Waals surface area contributed by atoms with Crippen LogP contribution in [0.5, 0.6) is 0 Å². The third-order valence-corrected chi connectivity index (χ3v) is 4.87. The van der Waals surface area contributed by atoms with E-state index in [-0.39, 0.29) is 5.91 Å². The second-order valence-corrected chi connectivity index (χ2v) is 6.78. The van der Waals surface area contributed by atoms with Crippen LogP contribution in [0.1, 0.15) is 28.8 Å². The summed E-state index contributed by atoms with van der Waals surface area (Å²) in [4.78, 5) is 23.8. The fraction of sp³-hybridized carbons (Fsp3) is 0.227. The van der Waals surface area contributed by atoms with Gasteiger partial charge in [-0.2, -0.15) is 0 Å². The van der Waals surface area contributed by atoms with Gasteiger partial charge < -0.3 is 10.2 Å². The molecule has 1 saturated heterocycles. The highest BCUT2D eigenvalue weighted by Gasteiger charge is 2.15. The number of rotatable bonds is 4. The molecule has 0 unspecified atom stereocenters. The molecule has 0 spiro atoms. The number of benzene rings is 2. The molecule has 5 nitrogen and oxygen atoms in total. The minimum Gasteiger partial charge on any atom is -0.341 e. The fourth-order valence-corrected chi connectivity index (χ4v) is 3.28. The molecule has 1 N–H and O–H groups in total. The van der Waals surface area contributed by atoms with Crippen molar-refractivity contribution >= 4 is 17.5 Å². The van der Waals surface area contributed by atoms with Gasteiger partial charge in [0.25, 0.3) is 5.91 Å². The zero-order valence-electron chi connectivity index (χ0n) is 15.4. The van der Waals surface area contributed by atoms with Gasteiger partial charge in [-0.05, 0) is 49.6 Å². The van der Waals surface area contributed by atoms with E-state index in [1.54, 1.807) is 6.20 Å². The van der Waals surface area contributed by atoms with E-state index in [1.165, 1.54) is 12.8 Å². The van der Waals surface area contributed by atoms with Crippen molar-refractivity contribution in [3.63, 3.8) is 0 Å². The van der Waals surface area contributed by atoms with Gasteiger partial charge in [0.15, 0.2) is 0 Å². The predicted molar refractivity (Wildman–Crippen MR) is 108 cm³/mol. The van der Waals surface area contributed by atoms with Gasteiger partial charge in [0.05, 0.1) is 5.69 Å². The second-order valence-electron chi connectivity index (χ2n) is 6.78. The summed E-state index contributed by atoms with van der Waals surface area (Å²) < 4.78 is 0. The Morgan fingerprint density at radius 2 is 1.74 bits per heavy atom. The lowest BCUT2D eigenvalue weighted by atomic mass is 10.1. The second kappa shape index (κ2) is 7.58. The number of carbonyl (C=O) groups is 1. The molecule has 3 aromatic rings. The number of hydrogen-bond acceptors (Lipinski definition) is 4. The average molecular weight is 358 g/mol. The van der Waals surface area contributed by atoms with Gasteiger partial charge in [-0.15, -0.1) is 0 Å². The number of anilines is 2. The zero-order valence-corrected chi connectivity index (χ0v) is 15.4. The molecule has 1 aliphatic heterocycles. The molecule has 0 atom stereocenters. The summed E-state index contributed by atoms with van der Waals surface area (Å²) in [6.07, 6.45) is 4.19. The summed E-state index contributed by atoms with van der Waals surface area (Å²) in [7, 11) is 0. The SMILES string of the molecule is Cc1ccccc1NC(=O)c1ccc(-c2ccnc(N3CCCC3)n2)cc1. The lowest BCUT2D eigenvalue weighted by molar-refractivity contribution is 0.102. The molecule has 0 aliphatic carbocycles. The summed E-state index contributed by atoms with van der Waals surface area (Å²) in [6, 6.07) is 17.2. The van der Waals surface area contributed by atoms with E-state index in [9.17, 15) is 4.79 Å². The van der Waals surface area contributed by atoms with Crippen molar-refractivity contribution in [1.29, 1.82) is 0 Å². The van der Waals surface area contributed by atoms with E-state index in [0.717, 1.165) is 41.5 Å². The Labute approximate surface area is 159 Å². The number of nitrogens with one attached hydrogen (secondary N) is 1. The number of carbonyl (C=O) groups excluding carboxylic acids is 1. The molecule has 4 rings (SSSR count). The lowest BCUT2D eigenvalue weighted by Crippen LogP contribution is -2.20. The minimum absolute atomic E-state index is 0.115. The molecule has 2 aromatic carbocycles. The standard InChI is InChI=1S/C22H22N4O/c1-16-6-2-3-7-19(16)24-21(27)18-10-8-17(9-11-18)20-12-13-23-22(25-20)26-14-4-5-15-26/h2-3,6-13H,4-5,14-15H2,1H3,(H,24,27). The van der Waals surface area contributed by atoms with E-state index in [1.807, 2.05) is 61.5 Å². The molecule has 136 valence electrons. The molecule has 1 aliphatic rings. The van der Waals surface area contributed by atoms with Crippen LogP contribution in [0.15, 0.2) is 60.8 Å². The first-order valence-electron chi connectivity index (χ1n) is 9.26. The van der Waals surface area contributed by atoms with Crippen molar-refractivity contribution in [3.05, 3.63) is 71.9 Å². The first kappa shape index (κ1) is 17.2. The van der Waals surface area contributed by atoms with Crippen molar-refractivity contribution in [2.45, 2.75) is 19.8 Å². The van der Waals surface area contributed by atoms with Gasteiger partial charge in [-0.1, -0.05) is 30.3 Å². The molecule has 5 heteroatoms. The van der Waals surface area contributed by atoms with E-state index in [2.05, 4.69) is 15.2 Å². The normalized spacial score (nSPS) is 13.6. The maximum Gasteiger partial charge on any atom is 0.255 e. The molecular weight excluding hydrogens is 336 g/mol. The molecule has 1 aromatic heterocycles. The third kappa shape index (κ3) is 3.82. The maximum atomic E-state index is 12.5. The van der Waals surface area contributed by atoms with Gasteiger partial charge in [-0.3, -0.25) is 4.79 Å². The zero-order chi connectivity index (χ0) is 18.6. The highest BCUT2D eigenvalue weighted by Crippen LogP contribution is 2.22. The number of para-hydroxylation sites is 1. The fourth-order valence-electron chi connectivity index (χ4n) is 3.28. The van der Waals surface area contributed by atoms with Crippen LogP contribution >= 0.6 is 0 Å². The number of hydrogen-bond donors (Lipinski definition) is 1. The smallest absolute Gasteiger partial charge is 0.255 e. The summed E-state index contributed by atoms with van der Waals surface area (Å²) in [5.41, 5.74) is 4.34. The first-order valence-corrected chi connectivity index (χ1v) is 9.26. The Morgan fingerprint density at radius 1 is 1.00 bits per heavy atom. The Kier molecular flexibility index (Phi) is 4.83. The molecule has 2 heterocycles. The molecule has 0 bridgehead atoms. The van der Waals surface area contributed by atoms with Crippen molar-refractivity contribution in [3.8, 4) is 11.3 Å². The summed E-state index contributed by atoms with van der Waals surface area (Å²) in [6.45, 7) is 4.01. The Bertz CT molecular complexity index is 947. The highest BCUT2D eigenvalue weighted by atomic mass is 16.1. The van der Waals surface area contributed by atoms with Crippen LogP contribution in [-0.4, -0.2) is 29.0 Å². The van der Waals surface area contributed by atoms with Crippen LogP contribution in [0.3, 0.4) is 0 Å². The van der Waals surface area contributed by atoms with Gasteiger partial charge in [0, 0.05) is 36.1 Å². The quantitative estimate of drug-likeness (QED) is 0.755. The van der Waals surface area contributed by atoms with Gasteiger partial charge in [-0.25, -0.2) is 9.97 Å². The lowest BCUT2D eigenvalue weighted by Gasteiger charge is -2.15. The van der Waals surface area contributed by atoms with Crippen molar-refractivity contribution < 1.29 is 4.79 Å². The van der Waals surface area contributed by atoms with Crippen LogP contribution in [0.4, 0.5) is 11.6 Å². The van der Waals surface area contributed by atoms with E-state index in [4.69, 9.17) is 4.98 Å². The molecule has 0 saturated carbocycles. The first-order chi connectivity index (χ1) is 13.2. The summed E-state index contributed by atoms with van der Waals surface area (Å²) in [5, 5.41) is 2.96. The van der Waals surface area contributed by atoms with Gasteiger partial charge in [0.1, 0.15) is 0 Å². The van der Waals surface area contributed by atoms with Gasteiger partial charge >= 0.3 is 0 Å². The molecule has 1 fully saturated rings. The number of aromatic nitrogens is 2. The summed E-state index contributed by atoms with van der Waals surface area (Å²) in [5.74, 6) is 0.669. The van der Waals surface area contributed by atoms with Crippen LogP contribution in [0, 0.1) is 6.92 Å². The summed E-state index contributed by atoms with van der Waals surface area (Å²) >= 11 is 0. The minimum atomic E-state index is -0.115. The number of amides is 1. The van der Waals surface area contributed by atoms with Crippen molar-refractivity contribution in [2.24, 2.45) is 0 Å². The molecule has 1 amide bonds. The molecule has 0 radical (unpaired) electrons. The average Bonchev–Trinajstić information content (AvgIpc) is 3.25. The van der Waals surface area contributed by atoms with Crippen molar-refractivity contribution in [2.75, 3.05) is 23.3 Å². The Morgan fingerprint density at radius 3 is 2.48 bits per heavy atom. The van der Waals surface area contributed by atoms with Crippen LogP contribution in [0.25, 0.3) is 11.3 Å². The predicted octanol–water partition coefficient (Wildman–Crippen LogP) is 4.30. The number of nitrogens with zero attached hydrogens (tertiary/aromatic N) is 3. The van der Waals surface area contributed by atoms with E-state index < -0.39 is 0 Å². The van der Waals surface area contributed by atoms with Gasteiger partial charge in [0.2, 0.25) is 5.95 Å². The Hall–Kier alpha value is -3.21. The third-order valence-electron chi connectivity index (χ3n) is 4.87. The monoisotopic (exact) mass is 358 g/mol. The highest BCUT2D eigenvalue weighted by molar-refractivity contribution is 6.04. The topological polar surface area (TPSA) is 58.1 Å². The maximum absolute atomic E-state index is 12.5. The molecule has 27 heavy (non-hydrogen) atoms. The largest absolute Gasteiger partial charge is 0.341 e. The molecular formula is C22H22N4O.